The van der Waals surface area contributed by atoms with Crippen LogP contribution in [0, 0.1) is 5.41 Å². The Morgan fingerprint density at radius 2 is 2.46 bits per heavy atom. The number of amides is 1. The summed E-state index contributed by atoms with van der Waals surface area (Å²) in [5.74, 6) is 0.0591. The largest absolute Gasteiger partial charge is 0.385 e. The maximum atomic E-state index is 11.0. The van der Waals surface area contributed by atoms with Gasteiger partial charge in [0.05, 0.1) is 6.54 Å². The normalized spacial score (nSPS) is 19.8. The van der Waals surface area contributed by atoms with Gasteiger partial charge >= 0.3 is 0 Å². The molecule has 0 atom stereocenters. The summed E-state index contributed by atoms with van der Waals surface area (Å²) in [5, 5.41) is 10.1. The van der Waals surface area contributed by atoms with Gasteiger partial charge in [-0.05, 0) is 0 Å². The minimum absolute atomic E-state index is 0.00732. The molecule has 1 rings (SSSR count). The van der Waals surface area contributed by atoms with E-state index in [-0.39, 0.29) is 11.7 Å². The highest BCUT2D eigenvalue weighted by Gasteiger charge is 2.15. The minimum Gasteiger partial charge on any atom is -0.385 e. The van der Waals surface area contributed by atoms with Gasteiger partial charge in [0.1, 0.15) is 5.84 Å². The molecule has 0 saturated carbocycles. The van der Waals surface area contributed by atoms with Crippen LogP contribution in [-0.4, -0.2) is 36.3 Å². The van der Waals surface area contributed by atoms with E-state index in [9.17, 15) is 4.79 Å². The first-order valence-corrected chi connectivity index (χ1v) is 4.13. The van der Waals surface area contributed by atoms with Gasteiger partial charge in [-0.1, -0.05) is 0 Å². The second-order valence-corrected chi connectivity index (χ2v) is 2.99. The summed E-state index contributed by atoms with van der Waals surface area (Å²) in [6.45, 7) is 3.49. The van der Waals surface area contributed by atoms with E-state index in [1.54, 1.807) is 4.90 Å². The third-order valence-electron chi connectivity index (χ3n) is 1.87. The molecule has 1 heterocycles. The summed E-state index contributed by atoms with van der Waals surface area (Å²) in [6, 6.07) is 0. The van der Waals surface area contributed by atoms with Crippen LogP contribution in [0.2, 0.25) is 0 Å². The number of amidine groups is 1. The van der Waals surface area contributed by atoms with Crippen molar-refractivity contribution in [2.24, 2.45) is 5.73 Å². The third-order valence-corrected chi connectivity index (χ3v) is 1.87. The molecule has 5 heteroatoms. The van der Waals surface area contributed by atoms with E-state index < -0.39 is 0 Å². The van der Waals surface area contributed by atoms with Gasteiger partial charge in [-0.25, -0.2) is 0 Å². The van der Waals surface area contributed by atoms with E-state index in [1.165, 1.54) is 13.0 Å². The average Bonchev–Trinajstić information content (AvgIpc) is 2.03. The van der Waals surface area contributed by atoms with Gasteiger partial charge in [-0.2, -0.15) is 0 Å². The Labute approximate surface area is 77.1 Å². The van der Waals surface area contributed by atoms with Gasteiger partial charge in [0.15, 0.2) is 0 Å². The highest BCUT2D eigenvalue weighted by Crippen LogP contribution is 2.01. The molecule has 1 aliphatic rings. The fourth-order valence-electron chi connectivity index (χ4n) is 1.25. The molecule has 0 spiro atoms. The fraction of sp³-hybridized carbons (Fsp3) is 0.500. The Bertz CT molecular complexity index is 259. The lowest BCUT2D eigenvalue weighted by Crippen LogP contribution is -2.44. The number of nitrogens with one attached hydrogen (secondary N) is 2. The van der Waals surface area contributed by atoms with Gasteiger partial charge in [-0.15, -0.1) is 0 Å². The third kappa shape index (κ3) is 2.77. The molecule has 13 heavy (non-hydrogen) atoms. The SMILES string of the molecule is CC(=O)N1CCN/C(=C\C(=N)N)C1. The van der Waals surface area contributed by atoms with Crippen molar-refractivity contribution in [1.82, 2.24) is 10.2 Å². The van der Waals surface area contributed by atoms with Gasteiger partial charge < -0.3 is 16.0 Å². The molecule has 0 aliphatic carbocycles. The lowest BCUT2D eigenvalue weighted by Gasteiger charge is -2.28. The Balaban J connectivity index is 2.61. The zero-order chi connectivity index (χ0) is 9.84. The van der Waals surface area contributed by atoms with Crippen molar-refractivity contribution in [3.63, 3.8) is 0 Å². The van der Waals surface area contributed by atoms with E-state index in [4.69, 9.17) is 11.1 Å². The van der Waals surface area contributed by atoms with Crippen molar-refractivity contribution in [1.29, 1.82) is 5.41 Å². The number of carbonyl (C=O) groups excluding carboxylic acids is 1. The van der Waals surface area contributed by atoms with E-state index in [1.807, 2.05) is 0 Å². The molecule has 0 unspecified atom stereocenters. The second-order valence-electron chi connectivity index (χ2n) is 2.99. The highest BCUT2D eigenvalue weighted by atomic mass is 16.2. The molecule has 0 aromatic carbocycles. The van der Waals surface area contributed by atoms with Crippen molar-refractivity contribution in [2.75, 3.05) is 19.6 Å². The molecule has 0 aromatic rings. The molecule has 1 saturated heterocycles. The van der Waals surface area contributed by atoms with Crippen LogP contribution in [0.25, 0.3) is 0 Å². The van der Waals surface area contributed by atoms with Gasteiger partial charge in [0.2, 0.25) is 5.91 Å². The van der Waals surface area contributed by atoms with E-state index in [2.05, 4.69) is 5.32 Å². The molecule has 0 bridgehead atoms. The van der Waals surface area contributed by atoms with Gasteiger partial charge in [-0.3, -0.25) is 10.2 Å². The van der Waals surface area contributed by atoms with Gasteiger partial charge in [0.25, 0.3) is 0 Å². The zero-order valence-corrected chi connectivity index (χ0v) is 7.63. The molecule has 0 aromatic heterocycles. The van der Waals surface area contributed by atoms with Crippen LogP contribution in [0.1, 0.15) is 6.92 Å². The number of nitrogens with two attached hydrogens (primary N) is 1. The first kappa shape index (κ1) is 9.57. The average molecular weight is 182 g/mol. The zero-order valence-electron chi connectivity index (χ0n) is 7.63. The number of hydrogen-bond donors (Lipinski definition) is 3. The van der Waals surface area contributed by atoms with Crippen LogP contribution < -0.4 is 11.1 Å². The van der Waals surface area contributed by atoms with Crippen molar-refractivity contribution < 1.29 is 4.79 Å². The van der Waals surface area contributed by atoms with Crippen molar-refractivity contribution in [3.05, 3.63) is 11.8 Å². The predicted molar refractivity (Wildman–Crippen MR) is 50.3 cm³/mol. The molecule has 4 N–H and O–H groups in total. The molecule has 1 aliphatic heterocycles. The topological polar surface area (TPSA) is 82.2 Å². The molecule has 72 valence electrons. The highest BCUT2D eigenvalue weighted by molar-refractivity contribution is 5.89. The minimum atomic E-state index is 0.00732. The Morgan fingerprint density at radius 3 is 3.00 bits per heavy atom. The maximum Gasteiger partial charge on any atom is 0.219 e. The van der Waals surface area contributed by atoms with E-state index in [0.717, 1.165) is 12.2 Å². The summed E-state index contributed by atoms with van der Waals surface area (Å²) in [6.07, 6.45) is 1.54. The van der Waals surface area contributed by atoms with Crippen molar-refractivity contribution in [2.45, 2.75) is 6.92 Å². The Kier molecular flexibility index (Phi) is 2.89. The maximum absolute atomic E-state index is 11.0. The van der Waals surface area contributed by atoms with Crippen LogP contribution in [0.15, 0.2) is 11.8 Å². The monoisotopic (exact) mass is 182 g/mol. The molecule has 0 radical (unpaired) electrons. The quantitative estimate of drug-likeness (QED) is 0.369. The Morgan fingerprint density at radius 1 is 1.77 bits per heavy atom. The molecule has 5 nitrogen and oxygen atoms in total. The summed E-state index contributed by atoms with van der Waals surface area (Å²) in [7, 11) is 0. The van der Waals surface area contributed by atoms with Crippen LogP contribution >= 0.6 is 0 Å². The van der Waals surface area contributed by atoms with Crippen LogP contribution in [0.3, 0.4) is 0 Å². The first-order chi connectivity index (χ1) is 6.09. The molecule has 1 fully saturated rings. The van der Waals surface area contributed by atoms with Gasteiger partial charge in [0, 0.05) is 31.8 Å². The summed E-state index contributed by atoms with van der Waals surface area (Å²) < 4.78 is 0. The predicted octanol–water partition coefficient (Wildman–Crippen LogP) is -0.742. The molecule has 1 amide bonds. The fourth-order valence-corrected chi connectivity index (χ4v) is 1.25. The van der Waals surface area contributed by atoms with Crippen LogP contribution in [-0.2, 0) is 4.79 Å². The van der Waals surface area contributed by atoms with Crippen LogP contribution in [0.5, 0.6) is 0 Å². The number of nitrogens with zero attached hydrogens (tertiary/aromatic N) is 1. The molecular formula is C8H14N4O. The molecular weight excluding hydrogens is 168 g/mol. The number of carbonyl (C=O) groups is 1. The lowest BCUT2D eigenvalue weighted by molar-refractivity contribution is -0.128. The van der Waals surface area contributed by atoms with Crippen molar-refractivity contribution >= 4 is 11.7 Å². The lowest BCUT2D eigenvalue weighted by atomic mass is 10.2. The van der Waals surface area contributed by atoms with E-state index >= 15 is 0 Å². The number of hydrogen-bond acceptors (Lipinski definition) is 3. The standard InChI is InChI=1S/C8H14N4O/c1-6(13)12-3-2-11-7(5-12)4-8(9)10/h4,11H,2-3,5H2,1H3,(H3,9,10)/b7-4-. The number of rotatable bonds is 1. The van der Waals surface area contributed by atoms with E-state index in [0.29, 0.717) is 13.1 Å². The number of piperazine rings is 1. The second kappa shape index (κ2) is 3.93. The summed E-state index contributed by atoms with van der Waals surface area (Å²) in [5.41, 5.74) is 6.04. The first-order valence-electron chi connectivity index (χ1n) is 4.13. The smallest absolute Gasteiger partial charge is 0.219 e. The summed E-state index contributed by atoms with van der Waals surface area (Å²) in [4.78, 5) is 12.7. The summed E-state index contributed by atoms with van der Waals surface area (Å²) >= 11 is 0. The Hall–Kier alpha value is -1.52. The van der Waals surface area contributed by atoms with Crippen molar-refractivity contribution in [3.8, 4) is 0 Å². The van der Waals surface area contributed by atoms with Crippen LogP contribution in [0.4, 0.5) is 0 Å².